The number of alkyl halides is 3. The standard InChI is InChI=1S/C14H20F3N3/c1-19(2)13-3-4-20(9-13)8-10-5-11(14(15,16)17)7-12(18)6-10/h5-7,13H,3-4,8-9,18H2,1-2H3/t13-/m1/s1. The molecule has 1 saturated heterocycles. The smallest absolute Gasteiger partial charge is 0.399 e. The van der Waals surface area contributed by atoms with Gasteiger partial charge in [-0.05, 0) is 44.3 Å². The van der Waals surface area contributed by atoms with Gasteiger partial charge in [-0.2, -0.15) is 13.2 Å². The number of likely N-dealkylation sites (N-methyl/N-ethyl adjacent to an activating group) is 1. The quantitative estimate of drug-likeness (QED) is 0.867. The van der Waals surface area contributed by atoms with E-state index in [9.17, 15) is 13.2 Å². The monoisotopic (exact) mass is 287 g/mol. The molecule has 1 atom stereocenters. The van der Waals surface area contributed by atoms with Crippen LogP contribution in [-0.4, -0.2) is 43.0 Å². The first kappa shape index (κ1) is 15.1. The van der Waals surface area contributed by atoms with Crippen LogP contribution in [0.2, 0.25) is 0 Å². The lowest BCUT2D eigenvalue weighted by molar-refractivity contribution is -0.137. The van der Waals surface area contributed by atoms with Gasteiger partial charge in [-0.25, -0.2) is 0 Å². The topological polar surface area (TPSA) is 32.5 Å². The van der Waals surface area contributed by atoms with Gasteiger partial charge in [-0.3, -0.25) is 4.90 Å². The Hall–Kier alpha value is -1.27. The van der Waals surface area contributed by atoms with Crippen molar-refractivity contribution in [3.8, 4) is 0 Å². The molecular weight excluding hydrogens is 267 g/mol. The van der Waals surface area contributed by atoms with Crippen molar-refractivity contribution in [1.82, 2.24) is 9.80 Å². The van der Waals surface area contributed by atoms with E-state index in [0.717, 1.165) is 25.6 Å². The maximum Gasteiger partial charge on any atom is 0.416 e. The van der Waals surface area contributed by atoms with Crippen LogP contribution in [0.4, 0.5) is 18.9 Å². The summed E-state index contributed by atoms with van der Waals surface area (Å²) in [5.41, 5.74) is 5.70. The Morgan fingerprint density at radius 1 is 1.30 bits per heavy atom. The molecule has 6 heteroatoms. The summed E-state index contributed by atoms with van der Waals surface area (Å²) in [5, 5.41) is 0. The fourth-order valence-corrected chi connectivity index (χ4v) is 2.61. The maximum absolute atomic E-state index is 12.8. The lowest BCUT2D eigenvalue weighted by Gasteiger charge is -2.21. The van der Waals surface area contributed by atoms with Crippen molar-refractivity contribution in [2.75, 3.05) is 32.9 Å². The number of anilines is 1. The summed E-state index contributed by atoms with van der Waals surface area (Å²) in [6, 6.07) is 4.27. The molecule has 2 rings (SSSR count). The third-order valence-electron chi connectivity index (χ3n) is 3.73. The largest absolute Gasteiger partial charge is 0.416 e. The Morgan fingerprint density at radius 3 is 2.55 bits per heavy atom. The van der Waals surface area contributed by atoms with Crippen LogP contribution >= 0.6 is 0 Å². The highest BCUT2D eigenvalue weighted by molar-refractivity contribution is 5.45. The van der Waals surface area contributed by atoms with Crippen LogP contribution < -0.4 is 5.73 Å². The summed E-state index contributed by atoms with van der Waals surface area (Å²) in [7, 11) is 4.05. The molecule has 1 heterocycles. The van der Waals surface area contributed by atoms with Crippen LogP contribution in [0.5, 0.6) is 0 Å². The maximum atomic E-state index is 12.8. The third-order valence-corrected chi connectivity index (χ3v) is 3.73. The lowest BCUT2D eigenvalue weighted by Crippen LogP contribution is -2.31. The molecule has 1 aliphatic rings. The van der Waals surface area contributed by atoms with Gasteiger partial charge < -0.3 is 10.6 Å². The second kappa shape index (κ2) is 5.61. The summed E-state index contributed by atoms with van der Waals surface area (Å²) in [6.45, 7) is 2.29. The van der Waals surface area contributed by atoms with E-state index in [1.807, 2.05) is 14.1 Å². The van der Waals surface area contributed by atoms with Gasteiger partial charge in [0, 0.05) is 31.4 Å². The van der Waals surface area contributed by atoms with Crippen molar-refractivity contribution in [3.05, 3.63) is 29.3 Å². The number of likely N-dealkylation sites (tertiary alicyclic amines) is 1. The highest BCUT2D eigenvalue weighted by Crippen LogP contribution is 2.31. The first-order chi connectivity index (χ1) is 9.25. The van der Waals surface area contributed by atoms with Gasteiger partial charge in [0.15, 0.2) is 0 Å². The average Bonchev–Trinajstić information content (AvgIpc) is 2.75. The van der Waals surface area contributed by atoms with E-state index in [0.29, 0.717) is 18.2 Å². The number of nitrogens with two attached hydrogens (primary N) is 1. The minimum Gasteiger partial charge on any atom is -0.399 e. The fourth-order valence-electron chi connectivity index (χ4n) is 2.61. The molecule has 3 nitrogen and oxygen atoms in total. The lowest BCUT2D eigenvalue weighted by atomic mass is 10.1. The first-order valence-electron chi connectivity index (χ1n) is 6.61. The Bertz CT molecular complexity index is 471. The second-order valence-electron chi connectivity index (χ2n) is 5.60. The molecular formula is C14H20F3N3. The zero-order chi connectivity index (χ0) is 14.9. The van der Waals surface area contributed by atoms with Gasteiger partial charge in [-0.1, -0.05) is 0 Å². The highest BCUT2D eigenvalue weighted by atomic mass is 19.4. The molecule has 0 amide bonds. The number of hydrogen-bond acceptors (Lipinski definition) is 3. The molecule has 0 saturated carbocycles. The third kappa shape index (κ3) is 3.64. The average molecular weight is 287 g/mol. The summed E-state index contributed by atoms with van der Waals surface area (Å²) in [6.07, 6.45) is -3.30. The minimum atomic E-state index is -4.35. The number of nitrogen functional groups attached to an aromatic ring is 1. The van der Waals surface area contributed by atoms with Gasteiger partial charge in [0.05, 0.1) is 5.56 Å². The van der Waals surface area contributed by atoms with Gasteiger partial charge in [0.2, 0.25) is 0 Å². The fraction of sp³-hybridized carbons (Fsp3) is 0.571. The van der Waals surface area contributed by atoms with Gasteiger partial charge >= 0.3 is 6.18 Å². The second-order valence-corrected chi connectivity index (χ2v) is 5.60. The summed E-state index contributed by atoms with van der Waals surface area (Å²) in [5.74, 6) is 0. The van der Waals surface area contributed by atoms with Crippen LogP contribution in [0, 0.1) is 0 Å². The molecule has 0 spiro atoms. The van der Waals surface area contributed by atoms with Gasteiger partial charge in [0.25, 0.3) is 0 Å². The van der Waals surface area contributed by atoms with Crippen molar-refractivity contribution in [3.63, 3.8) is 0 Å². The first-order valence-corrected chi connectivity index (χ1v) is 6.61. The molecule has 20 heavy (non-hydrogen) atoms. The molecule has 112 valence electrons. The molecule has 0 unspecified atom stereocenters. The number of benzene rings is 1. The Morgan fingerprint density at radius 2 is 2.00 bits per heavy atom. The molecule has 0 bridgehead atoms. The summed E-state index contributed by atoms with van der Waals surface area (Å²) < 4.78 is 38.3. The van der Waals surface area contributed by atoms with Crippen LogP contribution in [0.15, 0.2) is 18.2 Å². The number of nitrogens with zero attached hydrogens (tertiary/aromatic N) is 2. The van der Waals surface area contributed by atoms with E-state index in [-0.39, 0.29) is 5.69 Å². The van der Waals surface area contributed by atoms with Gasteiger partial charge in [-0.15, -0.1) is 0 Å². The predicted octanol–water partition coefficient (Wildman–Crippen LogP) is 2.42. The van der Waals surface area contributed by atoms with E-state index < -0.39 is 11.7 Å². The normalized spacial score (nSPS) is 20.8. The van der Waals surface area contributed by atoms with Crippen molar-refractivity contribution in [1.29, 1.82) is 0 Å². The Labute approximate surface area is 117 Å². The van der Waals surface area contributed by atoms with Crippen LogP contribution in [-0.2, 0) is 12.7 Å². The molecule has 0 aromatic heterocycles. The number of halogens is 3. The molecule has 0 radical (unpaired) electrons. The summed E-state index contributed by atoms with van der Waals surface area (Å²) >= 11 is 0. The minimum absolute atomic E-state index is 0.165. The van der Waals surface area contributed by atoms with E-state index in [2.05, 4.69) is 9.80 Å². The summed E-state index contributed by atoms with van der Waals surface area (Å²) in [4.78, 5) is 4.32. The van der Waals surface area contributed by atoms with Crippen LogP contribution in [0.3, 0.4) is 0 Å². The van der Waals surface area contributed by atoms with E-state index in [4.69, 9.17) is 5.73 Å². The van der Waals surface area contributed by atoms with Crippen LogP contribution in [0.25, 0.3) is 0 Å². The molecule has 1 aromatic carbocycles. The van der Waals surface area contributed by atoms with Crippen LogP contribution in [0.1, 0.15) is 17.5 Å². The molecule has 1 aliphatic heterocycles. The Kier molecular flexibility index (Phi) is 4.25. The highest BCUT2D eigenvalue weighted by Gasteiger charge is 2.31. The van der Waals surface area contributed by atoms with Crippen molar-refractivity contribution < 1.29 is 13.2 Å². The van der Waals surface area contributed by atoms with Crippen molar-refractivity contribution >= 4 is 5.69 Å². The zero-order valence-corrected chi connectivity index (χ0v) is 11.7. The van der Waals surface area contributed by atoms with Crippen molar-refractivity contribution in [2.24, 2.45) is 0 Å². The van der Waals surface area contributed by atoms with Gasteiger partial charge in [0.1, 0.15) is 0 Å². The number of hydrogen-bond donors (Lipinski definition) is 1. The SMILES string of the molecule is CN(C)[C@@H]1CCN(Cc2cc(N)cc(C(F)(F)F)c2)C1. The van der Waals surface area contributed by atoms with E-state index in [1.165, 1.54) is 6.07 Å². The zero-order valence-electron chi connectivity index (χ0n) is 11.7. The molecule has 0 aliphatic carbocycles. The molecule has 2 N–H and O–H groups in total. The Balaban J connectivity index is 2.09. The predicted molar refractivity (Wildman–Crippen MR) is 73.2 cm³/mol. The van der Waals surface area contributed by atoms with Crippen molar-refractivity contribution in [2.45, 2.75) is 25.2 Å². The number of rotatable bonds is 3. The molecule has 1 fully saturated rings. The van der Waals surface area contributed by atoms with E-state index >= 15 is 0 Å². The van der Waals surface area contributed by atoms with E-state index in [1.54, 1.807) is 6.07 Å². The molecule has 1 aromatic rings.